The number of barbiturate groups is 1. The number of carbonyl (C=O) groups is 5. The first kappa shape index (κ1) is 18.9. The van der Waals surface area contributed by atoms with Crippen LogP contribution >= 0.6 is 9.39 Å². The number of carbonyl (C=O) groups excluding carboxylic acids is 5. The lowest BCUT2D eigenvalue weighted by Crippen LogP contribution is -2.73. The standard InChI is InChI=1S/C14H8F4N3O5P/c1-2-14(11(24)19-13(26)21(27)12(14)25)20-9(22)3-4(10(20)23)6(16)8(18)7(17)5(3)15/h2,27H2,1H3,(H,19,24,26). The number of urea groups is 1. The van der Waals surface area contributed by atoms with E-state index in [1.54, 1.807) is 14.7 Å². The Hall–Kier alpha value is -2.88. The number of benzene rings is 1. The Morgan fingerprint density at radius 1 is 0.889 bits per heavy atom. The highest BCUT2D eigenvalue weighted by molar-refractivity contribution is 7.16. The summed E-state index contributed by atoms with van der Waals surface area (Å²) in [5.41, 5.74) is -5.58. The smallest absolute Gasteiger partial charge is 0.275 e. The van der Waals surface area contributed by atoms with Crippen molar-refractivity contribution >= 4 is 39.1 Å². The second-order valence-corrected chi connectivity index (χ2v) is 6.12. The van der Waals surface area contributed by atoms with Crippen molar-refractivity contribution in [3.05, 3.63) is 34.4 Å². The van der Waals surface area contributed by atoms with Crippen molar-refractivity contribution in [2.75, 3.05) is 0 Å². The van der Waals surface area contributed by atoms with Crippen molar-refractivity contribution in [3.8, 4) is 0 Å². The minimum absolute atomic E-state index is 0.0934. The number of hydrogen-bond acceptors (Lipinski definition) is 5. The maximum absolute atomic E-state index is 14.0. The minimum atomic E-state index is -2.69. The summed E-state index contributed by atoms with van der Waals surface area (Å²) in [6.45, 7) is 1.18. The molecule has 2 aliphatic rings. The molecule has 1 N–H and O–H groups in total. The van der Waals surface area contributed by atoms with Gasteiger partial charge in [-0.1, -0.05) is 6.92 Å². The van der Waals surface area contributed by atoms with E-state index in [4.69, 9.17) is 0 Å². The average molecular weight is 405 g/mol. The van der Waals surface area contributed by atoms with Gasteiger partial charge < -0.3 is 0 Å². The Kier molecular flexibility index (Phi) is 4.07. The number of hydrogen-bond donors (Lipinski definition) is 1. The van der Waals surface area contributed by atoms with Crippen molar-refractivity contribution in [1.82, 2.24) is 14.9 Å². The second kappa shape index (κ2) is 5.81. The van der Waals surface area contributed by atoms with Gasteiger partial charge in [0.15, 0.2) is 23.3 Å². The molecule has 1 aromatic carbocycles. The molecule has 0 spiro atoms. The van der Waals surface area contributed by atoms with Crippen LogP contribution in [0.25, 0.3) is 0 Å². The van der Waals surface area contributed by atoms with E-state index in [2.05, 4.69) is 0 Å². The van der Waals surface area contributed by atoms with Crippen LogP contribution in [-0.2, 0) is 9.59 Å². The van der Waals surface area contributed by atoms with Gasteiger partial charge in [-0.2, -0.15) is 0 Å². The molecular weight excluding hydrogens is 397 g/mol. The topological polar surface area (TPSA) is 104 Å². The fourth-order valence-electron chi connectivity index (χ4n) is 3.01. The summed E-state index contributed by atoms with van der Waals surface area (Å²) in [5, 5.41) is 1.72. The van der Waals surface area contributed by atoms with Crippen LogP contribution < -0.4 is 5.32 Å². The van der Waals surface area contributed by atoms with Gasteiger partial charge in [0.25, 0.3) is 23.6 Å². The predicted octanol–water partition coefficient (Wildman–Crippen LogP) is 0.856. The lowest BCUT2D eigenvalue weighted by Gasteiger charge is -2.41. The molecule has 0 saturated carbocycles. The summed E-state index contributed by atoms with van der Waals surface area (Å²) in [6, 6.07) is -1.19. The molecule has 0 radical (unpaired) electrons. The van der Waals surface area contributed by atoms with Crippen LogP contribution in [0.5, 0.6) is 0 Å². The summed E-state index contributed by atoms with van der Waals surface area (Å²) >= 11 is 0. The molecule has 1 fully saturated rings. The van der Waals surface area contributed by atoms with Gasteiger partial charge in [0.1, 0.15) is 0 Å². The lowest BCUT2D eigenvalue weighted by atomic mass is 9.89. The molecule has 2 atom stereocenters. The van der Waals surface area contributed by atoms with Gasteiger partial charge in [-0.15, -0.1) is 0 Å². The third-order valence-electron chi connectivity index (χ3n) is 4.38. The molecule has 2 heterocycles. The molecule has 8 nitrogen and oxygen atoms in total. The first-order valence-electron chi connectivity index (χ1n) is 7.21. The van der Waals surface area contributed by atoms with Crippen molar-refractivity contribution < 1.29 is 41.5 Å². The van der Waals surface area contributed by atoms with Gasteiger partial charge in [0.05, 0.1) is 11.1 Å². The Bertz CT molecular complexity index is 937. The van der Waals surface area contributed by atoms with Crippen molar-refractivity contribution in [2.24, 2.45) is 0 Å². The fraction of sp³-hybridized carbons (Fsp3) is 0.214. The summed E-state index contributed by atoms with van der Waals surface area (Å²) in [6.07, 6.45) is -0.588. The third-order valence-corrected chi connectivity index (χ3v) is 4.85. The number of nitrogens with zero attached hydrogens (tertiary/aromatic N) is 2. The van der Waals surface area contributed by atoms with Crippen LogP contribution in [0.15, 0.2) is 0 Å². The number of rotatable bonds is 2. The molecule has 6 amide bonds. The number of fused-ring (bicyclic) bond motifs is 1. The van der Waals surface area contributed by atoms with E-state index in [0.29, 0.717) is 4.67 Å². The van der Waals surface area contributed by atoms with E-state index in [-0.39, 0.29) is 4.90 Å². The highest BCUT2D eigenvalue weighted by Gasteiger charge is 2.63. The zero-order chi connectivity index (χ0) is 20.4. The van der Waals surface area contributed by atoms with Crippen LogP contribution in [-0.4, -0.2) is 44.8 Å². The van der Waals surface area contributed by atoms with E-state index in [1.165, 1.54) is 6.92 Å². The molecule has 0 aliphatic carbocycles. The molecule has 13 heteroatoms. The molecule has 1 aromatic rings. The molecule has 27 heavy (non-hydrogen) atoms. The maximum Gasteiger partial charge on any atom is 0.333 e. The van der Waals surface area contributed by atoms with Gasteiger partial charge >= 0.3 is 6.03 Å². The fourth-order valence-corrected chi connectivity index (χ4v) is 3.29. The molecule has 1 saturated heterocycles. The number of halogens is 4. The van der Waals surface area contributed by atoms with Crippen LogP contribution in [0.2, 0.25) is 0 Å². The monoisotopic (exact) mass is 405 g/mol. The van der Waals surface area contributed by atoms with Crippen molar-refractivity contribution in [1.29, 1.82) is 0 Å². The summed E-state index contributed by atoms with van der Waals surface area (Å²) in [7, 11) is 1.65. The highest BCUT2D eigenvalue weighted by atomic mass is 31.0. The summed E-state index contributed by atoms with van der Waals surface area (Å²) in [4.78, 5) is 61.5. The zero-order valence-corrected chi connectivity index (χ0v) is 14.4. The Balaban J connectivity index is 2.28. The molecule has 3 rings (SSSR count). The van der Waals surface area contributed by atoms with Gasteiger partial charge in [-0.3, -0.25) is 24.5 Å². The normalized spacial score (nSPS) is 22.5. The van der Waals surface area contributed by atoms with Gasteiger partial charge in [0.2, 0.25) is 5.54 Å². The van der Waals surface area contributed by atoms with Crippen LogP contribution in [0, 0.1) is 23.3 Å². The van der Waals surface area contributed by atoms with Gasteiger partial charge in [-0.25, -0.2) is 31.9 Å². The van der Waals surface area contributed by atoms with Crippen LogP contribution in [0.3, 0.4) is 0 Å². The molecule has 0 bridgehead atoms. The van der Waals surface area contributed by atoms with E-state index < -0.39 is 76.0 Å². The zero-order valence-electron chi connectivity index (χ0n) is 13.2. The van der Waals surface area contributed by atoms with E-state index in [1.807, 2.05) is 0 Å². The molecule has 142 valence electrons. The first-order chi connectivity index (χ1) is 12.5. The number of imide groups is 3. The number of nitrogens with one attached hydrogen (secondary N) is 1. The predicted molar refractivity (Wildman–Crippen MR) is 79.9 cm³/mol. The first-order valence-corrected chi connectivity index (χ1v) is 7.73. The SMILES string of the molecule is CCC1(N2C(=O)c3c(F)c(F)c(F)c(F)c3C2=O)C(=O)NC(=O)N(P)C1=O. The van der Waals surface area contributed by atoms with Crippen molar-refractivity contribution in [2.45, 2.75) is 18.9 Å². The van der Waals surface area contributed by atoms with Gasteiger partial charge in [-0.05, 0) is 15.8 Å². The summed E-state index contributed by atoms with van der Waals surface area (Å²) < 4.78 is 55.3. The highest BCUT2D eigenvalue weighted by Crippen LogP contribution is 2.38. The Labute approximate surface area is 149 Å². The van der Waals surface area contributed by atoms with Gasteiger partial charge in [0, 0.05) is 0 Å². The molecule has 0 aromatic heterocycles. The van der Waals surface area contributed by atoms with E-state index in [9.17, 15) is 41.5 Å². The molecule has 2 unspecified atom stereocenters. The minimum Gasteiger partial charge on any atom is -0.275 e. The average Bonchev–Trinajstić information content (AvgIpc) is 2.89. The number of amides is 6. The maximum atomic E-state index is 14.0. The van der Waals surface area contributed by atoms with E-state index in [0.717, 1.165) is 0 Å². The van der Waals surface area contributed by atoms with Crippen molar-refractivity contribution in [3.63, 3.8) is 0 Å². The molecule has 2 aliphatic heterocycles. The van der Waals surface area contributed by atoms with Crippen LogP contribution in [0.1, 0.15) is 34.1 Å². The Morgan fingerprint density at radius 3 is 1.74 bits per heavy atom. The Morgan fingerprint density at radius 2 is 1.33 bits per heavy atom. The summed E-state index contributed by atoms with van der Waals surface area (Å²) in [5.74, 6) is -15.2. The third kappa shape index (κ3) is 2.10. The molecular formula is C14H8F4N3O5P. The largest absolute Gasteiger partial charge is 0.333 e. The van der Waals surface area contributed by atoms with Crippen LogP contribution in [0.4, 0.5) is 22.4 Å². The lowest BCUT2D eigenvalue weighted by molar-refractivity contribution is -0.147. The second-order valence-electron chi connectivity index (χ2n) is 5.60. The quantitative estimate of drug-likeness (QED) is 0.196. The van der Waals surface area contributed by atoms with E-state index >= 15 is 0 Å².